The first kappa shape index (κ1) is 16.9. The molecule has 8 heteroatoms. The molecule has 3 unspecified atom stereocenters. The first-order chi connectivity index (χ1) is 8.36. The van der Waals surface area contributed by atoms with Crippen LogP contribution in [0.25, 0.3) is 0 Å². The van der Waals surface area contributed by atoms with Gasteiger partial charge in [0.05, 0.1) is 0 Å². The molecule has 0 spiro atoms. The molecule has 0 aliphatic carbocycles. The standard InChI is InChI=1S/C10H20N2O5S/c1-7(4-6-18(2)17)11-10(16)12-8(3-5-13)9(14)15/h7-8,13H,3-6H2,1-2H3,(H,14,15)(H2,11,12,16). The Labute approximate surface area is 108 Å². The molecule has 0 heterocycles. The smallest absolute Gasteiger partial charge is 0.326 e. The van der Waals surface area contributed by atoms with Gasteiger partial charge in [-0.15, -0.1) is 0 Å². The van der Waals surface area contributed by atoms with E-state index in [2.05, 4.69) is 10.6 Å². The van der Waals surface area contributed by atoms with Crippen LogP contribution in [-0.2, 0) is 15.6 Å². The Bertz CT molecular complexity index is 311. The molecule has 0 radical (unpaired) electrons. The van der Waals surface area contributed by atoms with Gasteiger partial charge in [-0.3, -0.25) is 4.21 Å². The van der Waals surface area contributed by atoms with Gasteiger partial charge in [0.1, 0.15) is 6.04 Å². The summed E-state index contributed by atoms with van der Waals surface area (Å²) >= 11 is 0. The van der Waals surface area contributed by atoms with E-state index < -0.39 is 28.8 Å². The van der Waals surface area contributed by atoms with Crippen LogP contribution in [0.2, 0.25) is 0 Å². The number of aliphatic hydroxyl groups excluding tert-OH is 1. The Morgan fingerprint density at radius 3 is 2.33 bits per heavy atom. The highest BCUT2D eigenvalue weighted by atomic mass is 32.2. The number of carboxylic acid groups (broad SMARTS) is 1. The Hall–Kier alpha value is -1.15. The van der Waals surface area contributed by atoms with Crippen LogP contribution < -0.4 is 10.6 Å². The highest BCUT2D eigenvalue weighted by Crippen LogP contribution is 1.95. The van der Waals surface area contributed by atoms with Gasteiger partial charge in [-0.1, -0.05) is 0 Å². The number of aliphatic hydroxyl groups is 1. The summed E-state index contributed by atoms with van der Waals surface area (Å²) in [5.41, 5.74) is 0. The number of hydrogen-bond acceptors (Lipinski definition) is 4. The molecular formula is C10H20N2O5S. The highest BCUT2D eigenvalue weighted by molar-refractivity contribution is 7.84. The Kier molecular flexibility index (Phi) is 8.30. The lowest BCUT2D eigenvalue weighted by Gasteiger charge is -2.17. The summed E-state index contributed by atoms with van der Waals surface area (Å²) in [5.74, 6) is -0.720. The second-order valence-corrected chi connectivity index (χ2v) is 5.54. The summed E-state index contributed by atoms with van der Waals surface area (Å²) in [6, 6.07) is -1.91. The maximum atomic E-state index is 11.4. The number of rotatable bonds is 8. The minimum absolute atomic E-state index is 0.0455. The molecule has 0 aromatic carbocycles. The van der Waals surface area contributed by atoms with Gasteiger partial charge in [-0.25, -0.2) is 9.59 Å². The van der Waals surface area contributed by atoms with Crippen LogP contribution in [0.4, 0.5) is 4.79 Å². The van der Waals surface area contributed by atoms with Gasteiger partial charge < -0.3 is 20.8 Å². The molecule has 3 atom stereocenters. The molecule has 0 saturated heterocycles. The van der Waals surface area contributed by atoms with E-state index in [4.69, 9.17) is 10.2 Å². The number of urea groups is 1. The third-order valence-electron chi connectivity index (χ3n) is 2.24. The number of carbonyl (C=O) groups is 2. The quantitative estimate of drug-likeness (QED) is 0.468. The number of aliphatic carboxylic acids is 1. The summed E-state index contributed by atoms with van der Waals surface area (Å²) < 4.78 is 10.9. The van der Waals surface area contributed by atoms with Crippen molar-refractivity contribution in [3.63, 3.8) is 0 Å². The minimum Gasteiger partial charge on any atom is -0.480 e. The maximum Gasteiger partial charge on any atom is 0.326 e. The molecule has 0 bridgehead atoms. The zero-order valence-corrected chi connectivity index (χ0v) is 11.3. The SMILES string of the molecule is CC(CCS(C)=O)NC(=O)NC(CCO)C(=O)O. The van der Waals surface area contributed by atoms with Crippen LogP contribution in [0.5, 0.6) is 0 Å². The zero-order valence-electron chi connectivity index (χ0n) is 10.5. The van der Waals surface area contributed by atoms with Crippen LogP contribution in [-0.4, -0.2) is 57.1 Å². The van der Waals surface area contributed by atoms with Crippen LogP contribution in [0.1, 0.15) is 19.8 Å². The third-order valence-corrected chi connectivity index (χ3v) is 3.05. The topological polar surface area (TPSA) is 116 Å². The van der Waals surface area contributed by atoms with E-state index in [1.807, 2.05) is 0 Å². The van der Waals surface area contributed by atoms with E-state index in [-0.39, 0.29) is 19.1 Å². The molecule has 2 amide bonds. The summed E-state index contributed by atoms with van der Waals surface area (Å²) in [4.78, 5) is 22.2. The van der Waals surface area contributed by atoms with Gasteiger partial charge >= 0.3 is 12.0 Å². The van der Waals surface area contributed by atoms with E-state index in [1.165, 1.54) is 0 Å². The molecule has 7 nitrogen and oxygen atoms in total. The van der Waals surface area contributed by atoms with Crippen molar-refractivity contribution in [1.82, 2.24) is 10.6 Å². The minimum atomic E-state index is -1.19. The Balaban J connectivity index is 4.07. The predicted molar refractivity (Wildman–Crippen MR) is 67.8 cm³/mol. The summed E-state index contributed by atoms with van der Waals surface area (Å²) in [6.45, 7) is 1.43. The average molecular weight is 280 g/mol. The molecular weight excluding hydrogens is 260 g/mol. The lowest BCUT2D eigenvalue weighted by atomic mass is 10.2. The molecule has 0 saturated carbocycles. The number of carboxylic acids is 1. The number of hydrogen-bond donors (Lipinski definition) is 4. The van der Waals surface area contributed by atoms with E-state index in [9.17, 15) is 13.8 Å². The molecule has 0 aliphatic heterocycles. The van der Waals surface area contributed by atoms with Crippen molar-refractivity contribution in [1.29, 1.82) is 0 Å². The van der Waals surface area contributed by atoms with Gasteiger partial charge in [0, 0.05) is 41.9 Å². The molecule has 0 aromatic heterocycles. The number of carbonyl (C=O) groups excluding carboxylic acids is 1. The monoisotopic (exact) mass is 280 g/mol. The predicted octanol–water partition coefficient (Wildman–Crippen LogP) is -0.722. The van der Waals surface area contributed by atoms with Gasteiger partial charge in [0.2, 0.25) is 0 Å². The zero-order chi connectivity index (χ0) is 14.1. The van der Waals surface area contributed by atoms with Crippen molar-refractivity contribution in [3.05, 3.63) is 0 Å². The third kappa shape index (κ3) is 8.02. The molecule has 0 aromatic rings. The van der Waals surface area contributed by atoms with Crippen molar-refractivity contribution < 1.29 is 24.0 Å². The molecule has 0 rings (SSSR count). The number of nitrogens with one attached hydrogen (secondary N) is 2. The molecule has 0 fully saturated rings. The number of amides is 2. The van der Waals surface area contributed by atoms with E-state index in [0.29, 0.717) is 12.2 Å². The normalized spacial score (nSPS) is 15.5. The fraction of sp³-hybridized carbons (Fsp3) is 0.800. The van der Waals surface area contributed by atoms with Gasteiger partial charge in [-0.05, 0) is 13.3 Å². The van der Waals surface area contributed by atoms with Gasteiger partial charge in [0.15, 0.2) is 0 Å². The van der Waals surface area contributed by atoms with Crippen molar-refractivity contribution >= 4 is 22.8 Å². The lowest BCUT2D eigenvalue weighted by molar-refractivity contribution is -0.139. The maximum absolute atomic E-state index is 11.4. The largest absolute Gasteiger partial charge is 0.480 e. The second-order valence-electron chi connectivity index (χ2n) is 3.99. The summed E-state index contributed by atoms with van der Waals surface area (Å²) in [5, 5.41) is 22.2. The summed E-state index contributed by atoms with van der Waals surface area (Å²) in [7, 11) is -0.921. The Morgan fingerprint density at radius 2 is 1.89 bits per heavy atom. The molecule has 4 N–H and O–H groups in total. The van der Waals surface area contributed by atoms with E-state index in [0.717, 1.165) is 0 Å². The van der Waals surface area contributed by atoms with Crippen molar-refractivity contribution in [2.75, 3.05) is 18.6 Å². The average Bonchev–Trinajstić information content (AvgIpc) is 2.25. The van der Waals surface area contributed by atoms with Crippen LogP contribution in [0.15, 0.2) is 0 Å². The van der Waals surface area contributed by atoms with Crippen LogP contribution in [0, 0.1) is 0 Å². The Morgan fingerprint density at radius 1 is 1.28 bits per heavy atom. The van der Waals surface area contributed by atoms with E-state index >= 15 is 0 Å². The summed E-state index contributed by atoms with van der Waals surface area (Å²) in [6.07, 6.45) is 2.08. The van der Waals surface area contributed by atoms with Gasteiger partial charge in [0.25, 0.3) is 0 Å². The molecule has 106 valence electrons. The van der Waals surface area contributed by atoms with Gasteiger partial charge in [-0.2, -0.15) is 0 Å². The first-order valence-electron chi connectivity index (χ1n) is 5.57. The molecule has 18 heavy (non-hydrogen) atoms. The second kappa shape index (κ2) is 8.87. The van der Waals surface area contributed by atoms with Crippen molar-refractivity contribution in [2.24, 2.45) is 0 Å². The van der Waals surface area contributed by atoms with E-state index in [1.54, 1.807) is 13.2 Å². The molecule has 0 aliphatic rings. The van der Waals surface area contributed by atoms with Crippen molar-refractivity contribution in [2.45, 2.75) is 31.8 Å². The first-order valence-corrected chi connectivity index (χ1v) is 7.30. The van der Waals surface area contributed by atoms with Crippen molar-refractivity contribution in [3.8, 4) is 0 Å². The fourth-order valence-electron chi connectivity index (χ4n) is 1.23. The van der Waals surface area contributed by atoms with Crippen LogP contribution in [0.3, 0.4) is 0 Å². The van der Waals surface area contributed by atoms with Crippen LogP contribution >= 0.6 is 0 Å². The highest BCUT2D eigenvalue weighted by Gasteiger charge is 2.19. The lowest BCUT2D eigenvalue weighted by Crippen LogP contribution is -2.48. The fourth-order valence-corrected chi connectivity index (χ4v) is 1.91.